The summed E-state index contributed by atoms with van der Waals surface area (Å²) in [6.07, 6.45) is 4.26. The summed E-state index contributed by atoms with van der Waals surface area (Å²) in [6, 6.07) is 10.8. The van der Waals surface area contributed by atoms with Gasteiger partial charge in [-0.25, -0.2) is 9.98 Å². The van der Waals surface area contributed by atoms with Gasteiger partial charge in [0.15, 0.2) is 0 Å². The Bertz CT molecular complexity index is 502. The van der Waals surface area contributed by atoms with Crippen LogP contribution in [0.1, 0.15) is 24.8 Å². The monoisotopic (exact) mass is 288 g/mol. The first kappa shape index (κ1) is 14.2. The van der Waals surface area contributed by atoms with E-state index in [1.165, 1.54) is 5.56 Å². The molecule has 0 N–H and O–H groups in total. The SMILES string of the molecule is S=C=NC1CCC(Cc2ccccc2)CC1N=C=S. The fourth-order valence-corrected chi connectivity index (χ4v) is 3.04. The molecular formula is C15H16N2S2. The highest BCUT2D eigenvalue weighted by molar-refractivity contribution is 7.78. The van der Waals surface area contributed by atoms with Gasteiger partial charge in [0.2, 0.25) is 0 Å². The van der Waals surface area contributed by atoms with Crippen LogP contribution in [0, 0.1) is 5.92 Å². The van der Waals surface area contributed by atoms with Crippen LogP contribution in [0.25, 0.3) is 0 Å². The van der Waals surface area contributed by atoms with E-state index in [0.29, 0.717) is 5.92 Å². The summed E-state index contributed by atoms with van der Waals surface area (Å²) in [5.41, 5.74) is 1.38. The largest absolute Gasteiger partial charge is 0.227 e. The van der Waals surface area contributed by atoms with E-state index >= 15 is 0 Å². The van der Waals surface area contributed by atoms with Gasteiger partial charge >= 0.3 is 0 Å². The summed E-state index contributed by atoms with van der Waals surface area (Å²) in [5.74, 6) is 0.635. The third-order valence-electron chi connectivity index (χ3n) is 3.69. The third-order valence-corrected chi connectivity index (χ3v) is 3.90. The van der Waals surface area contributed by atoms with Crippen LogP contribution in [-0.4, -0.2) is 22.4 Å². The Morgan fingerprint density at radius 1 is 1.00 bits per heavy atom. The molecule has 98 valence electrons. The minimum absolute atomic E-state index is 0.121. The Morgan fingerprint density at radius 2 is 1.68 bits per heavy atom. The first-order valence-corrected chi connectivity index (χ1v) is 7.33. The molecule has 19 heavy (non-hydrogen) atoms. The number of thiocarbonyl (C=S) groups is 2. The molecule has 0 bridgehead atoms. The van der Waals surface area contributed by atoms with Gasteiger partial charge in [-0.3, -0.25) is 0 Å². The van der Waals surface area contributed by atoms with Crippen LogP contribution < -0.4 is 0 Å². The van der Waals surface area contributed by atoms with Crippen molar-refractivity contribution in [2.45, 2.75) is 37.8 Å². The summed E-state index contributed by atoms with van der Waals surface area (Å²) in [7, 11) is 0. The minimum Gasteiger partial charge on any atom is -0.227 e. The van der Waals surface area contributed by atoms with Gasteiger partial charge in [0.05, 0.1) is 22.4 Å². The predicted octanol–water partition coefficient (Wildman–Crippen LogP) is 3.97. The molecule has 3 atom stereocenters. The van der Waals surface area contributed by atoms with Crippen molar-refractivity contribution in [2.75, 3.05) is 0 Å². The molecule has 0 radical (unpaired) electrons. The van der Waals surface area contributed by atoms with Crippen molar-refractivity contribution < 1.29 is 0 Å². The lowest BCUT2D eigenvalue weighted by Gasteiger charge is -2.30. The molecule has 1 fully saturated rings. The smallest absolute Gasteiger partial charge is 0.0836 e. The number of nitrogens with zero attached hydrogens (tertiary/aromatic N) is 2. The second kappa shape index (κ2) is 7.42. The average molecular weight is 288 g/mol. The number of aliphatic imine (C=N–C) groups is 2. The fourth-order valence-electron chi connectivity index (χ4n) is 2.77. The van der Waals surface area contributed by atoms with E-state index < -0.39 is 0 Å². The summed E-state index contributed by atoms with van der Waals surface area (Å²) >= 11 is 9.43. The van der Waals surface area contributed by atoms with Gasteiger partial charge in [0.25, 0.3) is 0 Å². The molecule has 0 amide bonds. The molecule has 0 aliphatic heterocycles. The second-order valence-corrected chi connectivity index (χ2v) is 5.31. The van der Waals surface area contributed by atoms with Gasteiger partial charge in [0.1, 0.15) is 0 Å². The molecule has 0 heterocycles. The Hall–Kier alpha value is -1.18. The maximum atomic E-state index is 4.73. The van der Waals surface area contributed by atoms with Crippen molar-refractivity contribution >= 4 is 34.8 Å². The number of isothiocyanates is 2. The van der Waals surface area contributed by atoms with Crippen LogP contribution in [0.15, 0.2) is 40.3 Å². The van der Waals surface area contributed by atoms with E-state index in [2.05, 4.69) is 44.6 Å². The van der Waals surface area contributed by atoms with E-state index in [0.717, 1.165) is 25.7 Å². The first-order valence-electron chi connectivity index (χ1n) is 6.51. The van der Waals surface area contributed by atoms with Gasteiger partial charge < -0.3 is 0 Å². The maximum absolute atomic E-state index is 4.73. The van der Waals surface area contributed by atoms with Gasteiger partial charge in [0, 0.05) is 0 Å². The quantitative estimate of drug-likeness (QED) is 0.618. The Labute approximate surface area is 124 Å². The lowest BCUT2D eigenvalue weighted by atomic mass is 9.80. The molecule has 3 unspecified atom stereocenters. The average Bonchev–Trinajstić information content (AvgIpc) is 2.43. The highest BCUT2D eigenvalue weighted by Gasteiger charge is 2.29. The molecule has 2 rings (SSSR count). The van der Waals surface area contributed by atoms with Crippen LogP contribution in [0.5, 0.6) is 0 Å². The van der Waals surface area contributed by atoms with E-state index in [-0.39, 0.29) is 12.1 Å². The number of hydrogen-bond donors (Lipinski definition) is 0. The molecule has 0 spiro atoms. The van der Waals surface area contributed by atoms with Crippen LogP contribution in [0.3, 0.4) is 0 Å². The van der Waals surface area contributed by atoms with Crippen molar-refractivity contribution in [1.82, 2.24) is 0 Å². The molecule has 0 saturated heterocycles. The molecular weight excluding hydrogens is 272 g/mol. The van der Waals surface area contributed by atoms with E-state index in [1.54, 1.807) is 0 Å². The highest BCUT2D eigenvalue weighted by Crippen LogP contribution is 2.30. The lowest BCUT2D eigenvalue weighted by Crippen LogP contribution is -2.32. The zero-order chi connectivity index (χ0) is 13.5. The Balaban J connectivity index is 2.02. The van der Waals surface area contributed by atoms with Gasteiger partial charge in [-0.15, -0.1) is 0 Å². The topological polar surface area (TPSA) is 24.7 Å². The fraction of sp³-hybridized carbons (Fsp3) is 0.467. The molecule has 1 aliphatic carbocycles. The van der Waals surface area contributed by atoms with Gasteiger partial charge in [-0.05, 0) is 61.6 Å². The molecule has 4 heteroatoms. The van der Waals surface area contributed by atoms with E-state index in [9.17, 15) is 0 Å². The zero-order valence-corrected chi connectivity index (χ0v) is 12.3. The summed E-state index contributed by atoms with van der Waals surface area (Å²) in [6.45, 7) is 0. The first-order chi connectivity index (χ1) is 9.33. The van der Waals surface area contributed by atoms with Crippen molar-refractivity contribution in [3.05, 3.63) is 35.9 Å². The molecule has 1 aromatic carbocycles. The highest BCUT2D eigenvalue weighted by atomic mass is 32.1. The summed E-state index contributed by atoms with van der Waals surface area (Å²) in [5, 5.41) is 4.97. The molecule has 1 saturated carbocycles. The van der Waals surface area contributed by atoms with Crippen molar-refractivity contribution in [3.63, 3.8) is 0 Å². The molecule has 2 nitrogen and oxygen atoms in total. The summed E-state index contributed by atoms with van der Waals surface area (Å²) in [4.78, 5) is 8.47. The van der Waals surface area contributed by atoms with Crippen molar-refractivity contribution in [2.24, 2.45) is 15.9 Å². The summed E-state index contributed by atoms with van der Waals surface area (Å²) < 4.78 is 0. The standard InChI is InChI=1S/C15H16N2S2/c18-10-16-14-7-6-13(9-15(14)17-11-19)8-12-4-2-1-3-5-12/h1-5,13-15H,6-9H2. The van der Waals surface area contributed by atoms with Gasteiger partial charge in [-0.2, -0.15) is 0 Å². The van der Waals surface area contributed by atoms with Crippen LogP contribution in [-0.2, 0) is 6.42 Å². The number of hydrogen-bond acceptors (Lipinski definition) is 4. The van der Waals surface area contributed by atoms with Crippen LogP contribution in [0.2, 0.25) is 0 Å². The number of benzene rings is 1. The van der Waals surface area contributed by atoms with Crippen LogP contribution in [0.4, 0.5) is 0 Å². The third kappa shape index (κ3) is 4.15. The Morgan fingerprint density at radius 3 is 2.37 bits per heavy atom. The second-order valence-electron chi connectivity index (χ2n) is 4.94. The lowest BCUT2D eigenvalue weighted by molar-refractivity contribution is 0.292. The van der Waals surface area contributed by atoms with Crippen LogP contribution >= 0.6 is 24.4 Å². The van der Waals surface area contributed by atoms with E-state index in [1.807, 2.05) is 6.07 Å². The van der Waals surface area contributed by atoms with Crippen molar-refractivity contribution in [3.8, 4) is 0 Å². The predicted molar refractivity (Wildman–Crippen MR) is 85.1 cm³/mol. The normalized spacial score (nSPS) is 26.0. The molecule has 0 aromatic heterocycles. The zero-order valence-electron chi connectivity index (χ0n) is 10.7. The van der Waals surface area contributed by atoms with Crippen molar-refractivity contribution in [1.29, 1.82) is 0 Å². The molecule has 1 aromatic rings. The van der Waals surface area contributed by atoms with E-state index in [4.69, 9.17) is 24.4 Å². The maximum Gasteiger partial charge on any atom is 0.0836 e. The minimum atomic E-state index is 0.121. The molecule has 1 aliphatic rings. The number of rotatable bonds is 4. The van der Waals surface area contributed by atoms with Gasteiger partial charge in [-0.1, -0.05) is 30.3 Å². The Kier molecular flexibility index (Phi) is 5.56.